The summed E-state index contributed by atoms with van der Waals surface area (Å²) < 4.78 is 7.09. The minimum atomic E-state index is -0.0491. The predicted molar refractivity (Wildman–Crippen MR) is 106 cm³/mol. The van der Waals surface area contributed by atoms with Gasteiger partial charge in [-0.15, -0.1) is 10.2 Å². The molecule has 27 heavy (non-hydrogen) atoms. The largest absolute Gasteiger partial charge is 0.497 e. The van der Waals surface area contributed by atoms with E-state index in [1.54, 1.807) is 7.11 Å². The summed E-state index contributed by atoms with van der Waals surface area (Å²) in [5.41, 5.74) is 3.20. The Bertz CT molecular complexity index is 905. The third-order valence-corrected chi connectivity index (χ3v) is 5.00. The van der Waals surface area contributed by atoms with E-state index in [-0.39, 0.29) is 11.7 Å². The zero-order valence-electron chi connectivity index (χ0n) is 15.6. The first-order chi connectivity index (χ1) is 13.1. The number of aryl methyl sites for hydroxylation is 2. The topological polar surface area (TPSA) is 69.0 Å². The zero-order valence-corrected chi connectivity index (χ0v) is 16.4. The molecule has 0 aliphatic carbocycles. The van der Waals surface area contributed by atoms with Crippen molar-refractivity contribution in [2.24, 2.45) is 0 Å². The van der Waals surface area contributed by atoms with Gasteiger partial charge in [-0.25, -0.2) is 0 Å². The molecule has 1 N–H and O–H groups in total. The second kappa shape index (κ2) is 8.73. The van der Waals surface area contributed by atoms with Crippen molar-refractivity contribution >= 4 is 17.7 Å². The number of thioether (sulfide) groups is 1. The minimum absolute atomic E-state index is 0.0491. The highest BCUT2D eigenvalue weighted by Gasteiger charge is 2.13. The number of rotatable bonds is 7. The van der Waals surface area contributed by atoms with Gasteiger partial charge in [-0.1, -0.05) is 41.6 Å². The number of ether oxygens (including phenoxy) is 1. The summed E-state index contributed by atoms with van der Waals surface area (Å²) in [7, 11) is 1.63. The second-order valence-corrected chi connectivity index (χ2v) is 7.06. The molecule has 1 amide bonds. The van der Waals surface area contributed by atoms with Crippen molar-refractivity contribution in [2.45, 2.75) is 25.5 Å². The molecule has 0 bridgehead atoms. The van der Waals surface area contributed by atoms with Crippen LogP contribution in [0, 0.1) is 13.8 Å². The Morgan fingerprint density at radius 2 is 1.78 bits per heavy atom. The number of nitrogens with zero attached hydrogens (tertiary/aromatic N) is 3. The van der Waals surface area contributed by atoms with Crippen LogP contribution in [0.4, 0.5) is 0 Å². The van der Waals surface area contributed by atoms with E-state index < -0.39 is 0 Å². The summed E-state index contributed by atoms with van der Waals surface area (Å²) in [5.74, 6) is 1.82. The normalized spacial score (nSPS) is 10.6. The van der Waals surface area contributed by atoms with Crippen LogP contribution >= 0.6 is 11.8 Å². The van der Waals surface area contributed by atoms with Crippen LogP contribution in [-0.4, -0.2) is 33.5 Å². The fourth-order valence-electron chi connectivity index (χ4n) is 2.55. The molecule has 7 heteroatoms. The van der Waals surface area contributed by atoms with Crippen LogP contribution in [0.2, 0.25) is 0 Å². The lowest BCUT2D eigenvalue weighted by Gasteiger charge is -2.09. The van der Waals surface area contributed by atoms with Gasteiger partial charge in [0.25, 0.3) is 0 Å². The molecular formula is C20H22N4O2S. The molecule has 0 atom stereocenters. The van der Waals surface area contributed by atoms with Gasteiger partial charge in [-0.05, 0) is 43.7 Å². The van der Waals surface area contributed by atoms with E-state index in [2.05, 4.69) is 15.5 Å². The van der Waals surface area contributed by atoms with E-state index >= 15 is 0 Å². The number of hydrogen-bond acceptors (Lipinski definition) is 5. The maximum absolute atomic E-state index is 12.2. The van der Waals surface area contributed by atoms with Crippen molar-refractivity contribution in [3.8, 4) is 11.4 Å². The van der Waals surface area contributed by atoms with Gasteiger partial charge in [0.2, 0.25) is 5.91 Å². The van der Waals surface area contributed by atoms with Gasteiger partial charge < -0.3 is 10.1 Å². The highest BCUT2D eigenvalue weighted by molar-refractivity contribution is 7.99. The van der Waals surface area contributed by atoms with Gasteiger partial charge in [0.15, 0.2) is 5.16 Å². The lowest BCUT2D eigenvalue weighted by Crippen LogP contribution is -2.24. The van der Waals surface area contributed by atoms with Crippen LogP contribution in [0.25, 0.3) is 5.69 Å². The molecule has 6 nitrogen and oxygen atoms in total. The van der Waals surface area contributed by atoms with Gasteiger partial charge in [0, 0.05) is 12.2 Å². The highest BCUT2D eigenvalue weighted by atomic mass is 32.2. The quantitative estimate of drug-likeness (QED) is 0.635. The van der Waals surface area contributed by atoms with Crippen LogP contribution in [0.1, 0.15) is 17.0 Å². The number of nitrogens with one attached hydrogen (secondary N) is 1. The monoisotopic (exact) mass is 382 g/mol. The summed E-state index contributed by atoms with van der Waals surface area (Å²) in [5, 5.41) is 12.0. The van der Waals surface area contributed by atoms with Gasteiger partial charge >= 0.3 is 0 Å². The number of methoxy groups -OCH3 is 1. The Balaban J connectivity index is 1.58. The molecule has 0 radical (unpaired) electrons. The van der Waals surface area contributed by atoms with Gasteiger partial charge in [0.05, 0.1) is 12.9 Å². The molecule has 0 aliphatic heterocycles. The van der Waals surface area contributed by atoms with E-state index in [9.17, 15) is 4.79 Å². The third-order valence-electron chi connectivity index (χ3n) is 4.07. The third kappa shape index (κ3) is 4.89. The Morgan fingerprint density at radius 3 is 2.44 bits per heavy atom. The Hall–Kier alpha value is -2.80. The Kier molecular flexibility index (Phi) is 6.13. The van der Waals surface area contributed by atoms with E-state index in [0.29, 0.717) is 11.7 Å². The fraction of sp³-hybridized carbons (Fsp3) is 0.250. The SMILES string of the molecule is COc1ccc(CNC(=O)CSc2nnc(C)n2-c2ccc(C)cc2)cc1. The van der Waals surface area contributed by atoms with E-state index in [1.807, 2.05) is 66.9 Å². The molecular weight excluding hydrogens is 360 g/mol. The maximum Gasteiger partial charge on any atom is 0.230 e. The molecule has 0 saturated carbocycles. The summed E-state index contributed by atoms with van der Waals surface area (Å²) in [6, 6.07) is 15.8. The van der Waals surface area contributed by atoms with Gasteiger partial charge in [0.1, 0.15) is 11.6 Å². The Labute approximate surface area is 163 Å². The summed E-state index contributed by atoms with van der Waals surface area (Å²) in [6.45, 7) is 4.43. The first-order valence-electron chi connectivity index (χ1n) is 8.58. The molecule has 3 rings (SSSR count). The molecule has 140 valence electrons. The van der Waals surface area contributed by atoms with Crippen molar-refractivity contribution < 1.29 is 9.53 Å². The molecule has 2 aromatic carbocycles. The van der Waals surface area contributed by atoms with Crippen LogP contribution in [-0.2, 0) is 11.3 Å². The van der Waals surface area contributed by atoms with Crippen molar-refractivity contribution in [1.82, 2.24) is 20.1 Å². The molecule has 0 aliphatic rings. The van der Waals surface area contributed by atoms with Crippen molar-refractivity contribution in [1.29, 1.82) is 0 Å². The van der Waals surface area contributed by atoms with Crippen molar-refractivity contribution in [3.05, 3.63) is 65.5 Å². The summed E-state index contributed by atoms with van der Waals surface area (Å²) >= 11 is 1.37. The minimum Gasteiger partial charge on any atom is -0.497 e. The number of carbonyl (C=O) groups is 1. The smallest absolute Gasteiger partial charge is 0.230 e. The molecule has 0 fully saturated rings. The number of hydrogen-bond donors (Lipinski definition) is 1. The van der Waals surface area contributed by atoms with E-state index in [1.165, 1.54) is 17.3 Å². The van der Waals surface area contributed by atoms with Crippen LogP contribution < -0.4 is 10.1 Å². The molecule has 3 aromatic rings. The van der Waals surface area contributed by atoms with Crippen molar-refractivity contribution in [3.63, 3.8) is 0 Å². The molecule has 0 unspecified atom stereocenters. The van der Waals surface area contributed by atoms with E-state index in [4.69, 9.17) is 4.74 Å². The summed E-state index contributed by atoms with van der Waals surface area (Å²) in [6.07, 6.45) is 0. The lowest BCUT2D eigenvalue weighted by atomic mass is 10.2. The van der Waals surface area contributed by atoms with Gasteiger partial charge in [-0.2, -0.15) is 0 Å². The predicted octanol–water partition coefficient (Wildman–Crippen LogP) is 3.30. The fourth-order valence-corrected chi connectivity index (χ4v) is 3.38. The maximum atomic E-state index is 12.2. The first kappa shape index (κ1) is 19.0. The van der Waals surface area contributed by atoms with E-state index in [0.717, 1.165) is 22.8 Å². The number of carbonyl (C=O) groups excluding carboxylic acids is 1. The molecule has 1 heterocycles. The van der Waals surface area contributed by atoms with Crippen LogP contribution in [0.3, 0.4) is 0 Å². The molecule has 1 aromatic heterocycles. The standard InChI is InChI=1S/C20H22N4O2S/c1-14-4-8-17(9-5-14)24-15(2)22-23-20(24)27-13-19(25)21-12-16-6-10-18(26-3)11-7-16/h4-11H,12-13H2,1-3H3,(H,21,25). The van der Waals surface area contributed by atoms with Gasteiger partial charge in [-0.3, -0.25) is 9.36 Å². The number of aromatic nitrogens is 3. The second-order valence-electron chi connectivity index (χ2n) is 6.11. The average Bonchev–Trinajstić information content (AvgIpc) is 3.06. The molecule has 0 saturated heterocycles. The lowest BCUT2D eigenvalue weighted by molar-refractivity contribution is -0.118. The Morgan fingerprint density at radius 1 is 1.07 bits per heavy atom. The summed E-state index contributed by atoms with van der Waals surface area (Å²) in [4.78, 5) is 12.2. The average molecular weight is 382 g/mol. The number of benzene rings is 2. The highest BCUT2D eigenvalue weighted by Crippen LogP contribution is 2.22. The van der Waals surface area contributed by atoms with Crippen LogP contribution in [0.5, 0.6) is 5.75 Å². The number of amides is 1. The molecule has 0 spiro atoms. The first-order valence-corrected chi connectivity index (χ1v) is 9.57. The van der Waals surface area contributed by atoms with Crippen molar-refractivity contribution in [2.75, 3.05) is 12.9 Å². The van der Waals surface area contributed by atoms with Crippen LogP contribution in [0.15, 0.2) is 53.7 Å². The zero-order chi connectivity index (χ0) is 19.2.